The minimum absolute atomic E-state index is 0.00942. The second-order valence-corrected chi connectivity index (χ2v) is 27.1. The lowest BCUT2D eigenvalue weighted by Crippen LogP contribution is -2.62. The van der Waals surface area contributed by atoms with Gasteiger partial charge in [-0.05, 0) is 73.8 Å². The van der Waals surface area contributed by atoms with Crippen molar-refractivity contribution in [3.63, 3.8) is 0 Å². The minimum atomic E-state index is -1.00. The Balaban J connectivity index is 0.661. The number of hydrogen-bond donors (Lipinski definition) is 2. The maximum atomic E-state index is 14.6. The quantitative estimate of drug-likeness (QED) is 0.252. The number of aliphatic hydroxyl groups is 1. The summed E-state index contributed by atoms with van der Waals surface area (Å²) < 4.78 is 103. The predicted octanol–water partition coefficient (Wildman–Crippen LogP) is 5.66. The molecule has 19 heteroatoms. The molecule has 0 saturated carbocycles. The van der Waals surface area contributed by atoms with Gasteiger partial charge in [0.2, 0.25) is 0 Å². The van der Waals surface area contributed by atoms with Crippen molar-refractivity contribution < 1.29 is 90.9 Å². The molecule has 12 bridgehead atoms. The number of carboxylic acid groups (broad SMARTS) is 1. The number of aliphatic hydroxyl groups excluding tert-OH is 1. The van der Waals surface area contributed by atoms with Gasteiger partial charge < -0.3 is 81.3 Å². The zero-order chi connectivity index (χ0) is 53.3. The van der Waals surface area contributed by atoms with E-state index in [9.17, 15) is 19.8 Å². The van der Waals surface area contributed by atoms with Crippen molar-refractivity contribution >= 4 is 11.9 Å². The summed E-state index contributed by atoms with van der Waals surface area (Å²) in [5.41, 5.74) is 2.14. The molecule has 0 aromatic carbocycles. The highest BCUT2D eigenvalue weighted by atomic mass is 16.8. The number of aliphatic carboxylic acids is 1. The van der Waals surface area contributed by atoms with E-state index < -0.39 is 72.2 Å². The first-order valence-corrected chi connectivity index (χ1v) is 30.2. The summed E-state index contributed by atoms with van der Waals surface area (Å²) in [4.78, 5) is 26.1. The molecular weight excluding hydrogens is 1010 g/mol. The van der Waals surface area contributed by atoms with Crippen LogP contribution in [0.25, 0.3) is 0 Å². The lowest BCUT2D eigenvalue weighted by molar-refractivity contribution is -0.371. The average Bonchev–Trinajstić information content (AvgIpc) is 4.05. The van der Waals surface area contributed by atoms with Gasteiger partial charge in [-0.25, -0.2) is 0 Å². The van der Waals surface area contributed by atoms with E-state index in [0.717, 1.165) is 43.3 Å². The van der Waals surface area contributed by atoms with Crippen LogP contribution in [-0.4, -0.2) is 186 Å². The van der Waals surface area contributed by atoms with Crippen LogP contribution >= 0.6 is 0 Å². The molecule has 3 spiro atoms. The first-order chi connectivity index (χ1) is 37.4. The van der Waals surface area contributed by atoms with Gasteiger partial charge in [0, 0.05) is 63.7 Å². The number of carboxylic acids is 1. The second-order valence-electron chi connectivity index (χ2n) is 27.1. The molecule has 78 heavy (non-hydrogen) atoms. The van der Waals surface area contributed by atoms with Crippen LogP contribution in [0.1, 0.15) is 143 Å². The van der Waals surface area contributed by atoms with Gasteiger partial charge in [-0.2, -0.15) is 0 Å². The summed E-state index contributed by atoms with van der Waals surface area (Å²) in [5, 5.41) is 20.4. The standard InChI is InChI=1S/C59H82O19/c1-25-13-31-7-9-35-26(2)14-33(64-35)11-12-57-23-44-53(77-57)54-55(71-44)56(78-57)52-36(68-54)10-8-32(66-52)15-47(63)72-51-30(6)50-41(67-40(51)17-37(65-31)29(25)5)18-39-43(70-50)22-59(73-39)24-45-49(76-59)28(4)21-58(75-45)20-27(3)48-42(74-58)16-34(60)38(69-48)19-46(61)62/h25,27-28,30-45,48-56,60H,2,5,7-24H2,1,3-4,6H3,(H,61,62)/t25-,27+,28+,30+,31+,32-,33+,34-,35+,36+,37-,38-,39-,40+,41+,42+,43-,44-,45+,48+,49+,50+,51-,52+,53+,54+,55-,56+,57+,58-,59+/m1/s1. The van der Waals surface area contributed by atoms with Crippen LogP contribution in [0.15, 0.2) is 24.3 Å². The van der Waals surface area contributed by atoms with Crippen LogP contribution < -0.4 is 0 Å². The van der Waals surface area contributed by atoms with Crippen molar-refractivity contribution in [2.75, 3.05) is 0 Å². The van der Waals surface area contributed by atoms with Crippen LogP contribution in [0.2, 0.25) is 0 Å². The molecule has 0 aromatic rings. The Morgan fingerprint density at radius 1 is 0.513 bits per heavy atom. The molecule has 0 radical (unpaired) electrons. The zero-order valence-corrected chi connectivity index (χ0v) is 45.6. The molecule has 31 atom stereocenters. The van der Waals surface area contributed by atoms with Gasteiger partial charge in [0.25, 0.3) is 0 Å². The second kappa shape index (κ2) is 19.4. The van der Waals surface area contributed by atoms with Gasteiger partial charge in [0.05, 0.1) is 123 Å². The van der Waals surface area contributed by atoms with Crippen LogP contribution in [0, 0.1) is 23.7 Å². The van der Waals surface area contributed by atoms with Crippen LogP contribution in [0.3, 0.4) is 0 Å². The first-order valence-electron chi connectivity index (χ1n) is 30.2. The Bertz CT molecular complexity index is 2370. The van der Waals surface area contributed by atoms with E-state index in [0.29, 0.717) is 64.2 Å². The zero-order valence-electron chi connectivity index (χ0n) is 45.6. The Morgan fingerprint density at radius 3 is 2.03 bits per heavy atom. The molecule has 432 valence electrons. The Morgan fingerprint density at radius 2 is 1.18 bits per heavy atom. The molecule has 0 aromatic heterocycles. The van der Waals surface area contributed by atoms with E-state index in [-0.39, 0.29) is 147 Å². The van der Waals surface area contributed by atoms with Crippen molar-refractivity contribution in [2.45, 2.75) is 307 Å². The van der Waals surface area contributed by atoms with Gasteiger partial charge in [-0.1, -0.05) is 40.9 Å². The average molecular weight is 1100 g/mol. The molecule has 16 rings (SSSR count). The number of ether oxygens (including phenoxy) is 15. The molecule has 16 fully saturated rings. The smallest absolute Gasteiger partial charge is 0.308 e. The van der Waals surface area contributed by atoms with Crippen LogP contribution in [0.4, 0.5) is 0 Å². The molecule has 0 aliphatic carbocycles. The molecule has 0 unspecified atom stereocenters. The molecule has 16 heterocycles. The number of fused-ring (bicyclic) bond motifs is 10. The summed E-state index contributed by atoms with van der Waals surface area (Å²) in [6.07, 6.45) is 1.76. The molecule has 16 aliphatic rings. The lowest BCUT2D eigenvalue weighted by atomic mass is 9.78. The summed E-state index contributed by atoms with van der Waals surface area (Å²) >= 11 is 0. The molecule has 2 N–H and O–H groups in total. The van der Waals surface area contributed by atoms with Crippen LogP contribution in [0.5, 0.6) is 0 Å². The summed E-state index contributed by atoms with van der Waals surface area (Å²) in [7, 11) is 0. The van der Waals surface area contributed by atoms with Crippen molar-refractivity contribution in [3.05, 3.63) is 24.3 Å². The highest BCUT2D eigenvalue weighted by Crippen LogP contribution is 2.58. The van der Waals surface area contributed by atoms with Gasteiger partial charge in [-0.3, -0.25) is 9.59 Å². The maximum absolute atomic E-state index is 14.6. The van der Waals surface area contributed by atoms with Gasteiger partial charge in [0.1, 0.15) is 36.6 Å². The minimum Gasteiger partial charge on any atom is -0.481 e. The lowest BCUT2D eigenvalue weighted by Gasteiger charge is -2.54. The summed E-state index contributed by atoms with van der Waals surface area (Å²) in [6, 6.07) is 0. The monoisotopic (exact) mass is 1090 g/mol. The van der Waals surface area contributed by atoms with Gasteiger partial charge in [-0.15, -0.1) is 0 Å². The van der Waals surface area contributed by atoms with E-state index in [4.69, 9.17) is 71.1 Å². The van der Waals surface area contributed by atoms with Crippen molar-refractivity contribution in [3.8, 4) is 0 Å². The number of esters is 1. The highest BCUT2D eigenvalue weighted by molar-refractivity contribution is 5.70. The largest absolute Gasteiger partial charge is 0.481 e. The van der Waals surface area contributed by atoms with Gasteiger partial charge in [0.15, 0.2) is 17.4 Å². The molecule has 0 amide bonds. The van der Waals surface area contributed by atoms with E-state index in [1.165, 1.54) is 0 Å². The fourth-order valence-corrected chi connectivity index (χ4v) is 18.0. The number of rotatable bonds is 2. The topological polar surface area (TPSA) is 213 Å². The van der Waals surface area contributed by atoms with E-state index in [2.05, 4.69) is 40.9 Å². The summed E-state index contributed by atoms with van der Waals surface area (Å²) in [5.74, 6) is -3.99. The molecule has 16 aliphatic heterocycles. The Hall–Kier alpha value is -2.18. The van der Waals surface area contributed by atoms with E-state index in [1.807, 2.05) is 0 Å². The SMILES string of the molecule is C=C1C[C@@H]2CC[C@@]34C[C@H]5O[C@H]6[C@@H](O3)[C@H]3O[C@H](CC[C@@H]3O[C@H]6[C@H]5O4)CC(=O)O[C@@H]3[C@@H](C)[C@@H]4O[C@@H]5C[C@]6(C[C@@H]7O[C@]8(C[C@H](C)[C@@H]9O[C@H](CC(=O)O)[C@H](O)C[C@@H]9O8)C[C@H](C)[C@@H]7O6)O[C@@H]5C[C@@H]4O[C@H]3C[C@H]3O[C@@H](CC[C@@H]1O2)C[C@@H](C)C3=C. The number of hydrogen-bond acceptors (Lipinski definition) is 18. The molecular formula is C59H82O19. The Kier molecular flexibility index (Phi) is 13.1. The Labute approximate surface area is 456 Å². The summed E-state index contributed by atoms with van der Waals surface area (Å²) in [6.45, 7) is 17.7. The van der Waals surface area contributed by atoms with Crippen molar-refractivity contribution in [1.82, 2.24) is 0 Å². The van der Waals surface area contributed by atoms with Crippen molar-refractivity contribution in [2.24, 2.45) is 23.7 Å². The number of carbonyl (C=O) groups is 2. The fraction of sp³-hybridized carbons (Fsp3) is 0.898. The third-order valence-corrected chi connectivity index (χ3v) is 21.6. The van der Waals surface area contributed by atoms with E-state index in [1.54, 1.807) is 0 Å². The van der Waals surface area contributed by atoms with Gasteiger partial charge >= 0.3 is 11.9 Å². The highest BCUT2D eigenvalue weighted by Gasteiger charge is 2.70. The fourth-order valence-electron chi connectivity index (χ4n) is 18.0. The normalized spacial score (nSPS) is 58.0. The van der Waals surface area contributed by atoms with E-state index >= 15 is 0 Å². The maximum Gasteiger partial charge on any atom is 0.308 e. The molecule has 16 saturated heterocycles. The third kappa shape index (κ3) is 8.98. The third-order valence-electron chi connectivity index (χ3n) is 21.6. The van der Waals surface area contributed by atoms with Crippen molar-refractivity contribution in [1.29, 1.82) is 0 Å². The predicted molar refractivity (Wildman–Crippen MR) is 268 cm³/mol. The van der Waals surface area contributed by atoms with Crippen LogP contribution in [-0.2, 0) is 80.6 Å². The number of carbonyl (C=O) groups excluding carboxylic acids is 1. The molecule has 19 nitrogen and oxygen atoms in total. The first kappa shape index (κ1) is 52.6.